The summed E-state index contributed by atoms with van der Waals surface area (Å²) in [4.78, 5) is 11.1. The standard InChI is InChI=1S/C14H15ClN4/c15-13-10-12(11-4-2-1-3-5-11)17-14(18-13)19-8-6-16-7-9-19/h1-5,10,16H,6-9H2. The molecule has 98 valence electrons. The summed E-state index contributed by atoms with van der Waals surface area (Å²) in [5, 5.41) is 3.80. The van der Waals surface area contributed by atoms with E-state index in [9.17, 15) is 0 Å². The first-order valence-electron chi connectivity index (χ1n) is 6.38. The molecule has 2 heterocycles. The fraction of sp³-hybridized carbons (Fsp3) is 0.286. The third-order valence-corrected chi connectivity index (χ3v) is 3.35. The molecule has 3 rings (SSSR count). The maximum absolute atomic E-state index is 6.13. The second kappa shape index (κ2) is 5.55. The second-order valence-corrected chi connectivity index (χ2v) is 4.87. The van der Waals surface area contributed by atoms with Crippen molar-refractivity contribution in [2.45, 2.75) is 0 Å². The van der Waals surface area contributed by atoms with Crippen molar-refractivity contribution in [3.8, 4) is 11.3 Å². The molecule has 1 saturated heterocycles. The molecule has 1 aromatic heterocycles. The van der Waals surface area contributed by atoms with Crippen LogP contribution in [0.15, 0.2) is 36.4 Å². The van der Waals surface area contributed by atoms with Gasteiger partial charge in [0.1, 0.15) is 5.15 Å². The van der Waals surface area contributed by atoms with Crippen LogP contribution in [0.2, 0.25) is 5.15 Å². The van der Waals surface area contributed by atoms with Gasteiger partial charge in [-0.25, -0.2) is 9.97 Å². The van der Waals surface area contributed by atoms with Gasteiger partial charge >= 0.3 is 0 Å². The molecular formula is C14H15ClN4. The Morgan fingerprint density at radius 2 is 1.79 bits per heavy atom. The zero-order valence-electron chi connectivity index (χ0n) is 10.5. The van der Waals surface area contributed by atoms with Crippen molar-refractivity contribution in [3.05, 3.63) is 41.6 Å². The first-order valence-corrected chi connectivity index (χ1v) is 6.76. The van der Waals surface area contributed by atoms with E-state index in [2.05, 4.69) is 20.2 Å². The fourth-order valence-corrected chi connectivity index (χ4v) is 2.35. The molecule has 5 heteroatoms. The molecule has 0 amide bonds. The number of hydrogen-bond donors (Lipinski definition) is 1. The highest BCUT2D eigenvalue weighted by molar-refractivity contribution is 6.29. The molecule has 4 nitrogen and oxygen atoms in total. The highest BCUT2D eigenvalue weighted by Crippen LogP contribution is 2.22. The summed E-state index contributed by atoms with van der Waals surface area (Å²) in [6.07, 6.45) is 0. The predicted molar refractivity (Wildman–Crippen MR) is 77.6 cm³/mol. The van der Waals surface area contributed by atoms with Crippen LogP contribution in [-0.2, 0) is 0 Å². The topological polar surface area (TPSA) is 41.1 Å². The average molecular weight is 275 g/mol. The van der Waals surface area contributed by atoms with Gasteiger partial charge in [0, 0.05) is 37.8 Å². The van der Waals surface area contributed by atoms with E-state index in [1.165, 1.54) is 0 Å². The smallest absolute Gasteiger partial charge is 0.227 e. The molecule has 1 aliphatic heterocycles. The van der Waals surface area contributed by atoms with Gasteiger partial charge in [-0.05, 0) is 0 Å². The van der Waals surface area contributed by atoms with Gasteiger partial charge in [-0.1, -0.05) is 41.9 Å². The third kappa shape index (κ3) is 2.85. The van der Waals surface area contributed by atoms with E-state index in [1.54, 1.807) is 0 Å². The maximum atomic E-state index is 6.13. The summed E-state index contributed by atoms with van der Waals surface area (Å²) < 4.78 is 0. The number of rotatable bonds is 2. The van der Waals surface area contributed by atoms with Gasteiger partial charge in [-0.15, -0.1) is 0 Å². The maximum Gasteiger partial charge on any atom is 0.227 e. The number of hydrogen-bond acceptors (Lipinski definition) is 4. The molecule has 0 radical (unpaired) electrons. The van der Waals surface area contributed by atoms with E-state index < -0.39 is 0 Å². The summed E-state index contributed by atoms with van der Waals surface area (Å²) in [6, 6.07) is 11.8. The largest absolute Gasteiger partial charge is 0.338 e. The van der Waals surface area contributed by atoms with Gasteiger partial charge < -0.3 is 10.2 Å². The summed E-state index contributed by atoms with van der Waals surface area (Å²) in [7, 11) is 0. The van der Waals surface area contributed by atoms with Gasteiger partial charge in [-0.3, -0.25) is 0 Å². The van der Waals surface area contributed by atoms with Crippen LogP contribution in [0.1, 0.15) is 0 Å². The average Bonchev–Trinajstić information content (AvgIpc) is 2.48. The molecule has 0 saturated carbocycles. The van der Waals surface area contributed by atoms with Crippen molar-refractivity contribution < 1.29 is 0 Å². The van der Waals surface area contributed by atoms with E-state index in [4.69, 9.17) is 11.6 Å². The Bertz CT molecular complexity index is 553. The number of benzene rings is 1. The lowest BCUT2D eigenvalue weighted by Crippen LogP contribution is -2.44. The lowest BCUT2D eigenvalue weighted by Gasteiger charge is -2.27. The normalized spacial score (nSPS) is 15.5. The van der Waals surface area contributed by atoms with E-state index in [0.717, 1.165) is 37.4 Å². The van der Waals surface area contributed by atoms with E-state index >= 15 is 0 Å². The van der Waals surface area contributed by atoms with Crippen molar-refractivity contribution in [3.63, 3.8) is 0 Å². The molecular weight excluding hydrogens is 260 g/mol. The first kappa shape index (κ1) is 12.4. The lowest BCUT2D eigenvalue weighted by molar-refractivity contribution is 0.580. The molecule has 1 aromatic carbocycles. The Kier molecular flexibility index (Phi) is 3.62. The highest BCUT2D eigenvalue weighted by Gasteiger charge is 2.15. The second-order valence-electron chi connectivity index (χ2n) is 4.48. The predicted octanol–water partition coefficient (Wildman–Crippen LogP) is 2.21. The van der Waals surface area contributed by atoms with Gasteiger partial charge in [0.25, 0.3) is 0 Å². The van der Waals surface area contributed by atoms with Crippen LogP contribution in [-0.4, -0.2) is 36.1 Å². The Hall–Kier alpha value is -1.65. The lowest BCUT2D eigenvalue weighted by atomic mass is 10.1. The number of nitrogens with zero attached hydrogens (tertiary/aromatic N) is 3. The molecule has 2 aromatic rings. The fourth-order valence-electron chi connectivity index (χ4n) is 2.17. The van der Waals surface area contributed by atoms with Crippen LogP contribution in [0.3, 0.4) is 0 Å². The molecule has 0 aliphatic carbocycles. The number of nitrogens with one attached hydrogen (secondary N) is 1. The van der Waals surface area contributed by atoms with Crippen LogP contribution in [0.4, 0.5) is 5.95 Å². The SMILES string of the molecule is Clc1cc(-c2ccccc2)nc(N2CCNCC2)n1. The van der Waals surface area contributed by atoms with Crippen molar-refractivity contribution in [1.29, 1.82) is 0 Å². The van der Waals surface area contributed by atoms with E-state index in [1.807, 2.05) is 36.4 Å². The zero-order valence-corrected chi connectivity index (χ0v) is 11.3. The highest BCUT2D eigenvalue weighted by atomic mass is 35.5. The zero-order chi connectivity index (χ0) is 13.1. The van der Waals surface area contributed by atoms with E-state index in [-0.39, 0.29) is 0 Å². The van der Waals surface area contributed by atoms with Crippen molar-refractivity contribution >= 4 is 17.5 Å². The summed E-state index contributed by atoms with van der Waals surface area (Å²) in [5.74, 6) is 0.716. The Labute approximate surface area is 117 Å². The number of aromatic nitrogens is 2. The summed E-state index contributed by atoms with van der Waals surface area (Å²) >= 11 is 6.13. The quantitative estimate of drug-likeness (QED) is 0.853. The van der Waals surface area contributed by atoms with Crippen LogP contribution < -0.4 is 10.2 Å². The van der Waals surface area contributed by atoms with Crippen molar-refractivity contribution in [1.82, 2.24) is 15.3 Å². The molecule has 0 bridgehead atoms. The number of anilines is 1. The Morgan fingerprint density at radius 3 is 2.53 bits per heavy atom. The minimum atomic E-state index is 0.488. The molecule has 0 atom stereocenters. The van der Waals surface area contributed by atoms with Gasteiger partial charge in [0.15, 0.2) is 0 Å². The van der Waals surface area contributed by atoms with Crippen LogP contribution in [0.5, 0.6) is 0 Å². The molecule has 19 heavy (non-hydrogen) atoms. The molecule has 1 fully saturated rings. The molecule has 0 unspecified atom stereocenters. The van der Waals surface area contributed by atoms with Gasteiger partial charge in [-0.2, -0.15) is 0 Å². The minimum absolute atomic E-state index is 0.488. The number of piperazine rings is 1. The first-order chi connectivity index (χ1) is 9.33. The Balaban J connectivity index is 1.96. The van der Waals surface area contributed by atoms with E-state index in [0.29, 0.717) is 11.1 Å². The van der Waals surface area contributed by atoms with Crippen molar-refractivity contribution in [2.24, 2.45) is 0 Å². The third-order valence-electron chi connectivity index (χ3n) is 3.15. The van der Waals surface area contributed by atoms with Gasteiger partial charge in [0.2, 0.25) is 5.95 Å². The van der Waals surface area contributed by atoms with Gasteiger partial charge in [0.05, 0.1) is 5.69 Å². The number of halogens is 1. The van der Waals surface area contributed by atoms with Crippen molar-refractivity contribution in [2.75, 3.05) is 31.1 Å². The molecule has 0 spiro atoms. The summed E-state index contributed by atoms with van der Waals surface area (Å²) in [6.45, 7) is 3.73. The van der Waals surface area contributed by atoms with Crippen LogP contribution in [0, 0.1) is 0 Å². The molecule has 1 aliphatic rings. The monoisotopic (exact) mass is 274 g/mol. The summed E-state index contributed by atoms with van der Waals surface area (Å²) in [5.41, 5.74) is 1.93. The Morgan fingerprint density at radius 1 is 1.05 bits per heavy atom. The minimum Gasteiger partial charge on any atom is -0.338 e. The van der Waals surface area contributed by atoms with Crippen LogP contribution >= 0.6 is 11.6 Å². The van der Waals surface area contributed by atoms with Crippen LogP contribution in [0.25, 0.3) is 11.3 Å². The molecule has 1 N–H and O–H groups in total.